The molecule has 0 fully saturated rings. The fourth-order valence-electron chi connectivity index (χ4n) is 1.02. The van der Waals surface area contributed by atoms with E-state index in [0.29, 0.717) is 6.54 Å². The molecule has 0 aliphatic carbocycles. The van der Waals surface area contributed by atoms with Crippen molar-refractivity contribution in [3.63, 3.8) is 0 Å². The van der Waals surface area contributed by atoms with Crippen molar-refractivity contribution in [3.8, 4) is 0 Å². The normalized spacial score (nSPS) is 9.69. The molecular formula is C9H14N4. The Balaban J connectivity index is 2.63. The maximum Gasteiger partial charge on any atom is 0.0975 e. The summed E-state index contributed by atoms with van der Waals surface area (Å²) in [5.74, 6) is 5.19. The van der Waals surface area contributed by atoms with Gasteiger partial charge in [0, 0.05) is 0 Å². The molecule has 4 N–H and O–H groups in total. The summed E-state index contributed by atoms with van der Waals surface area (Å²) in [5.41, 5.74) is 4.75. The summed E-state index contributed by atoms with van der Waals surface area (Å²) in [6, 6.07) is 8.11. The fraction of sp³-hybridized carbons (Fsp3) is 0.222. The van der Waals surface area contributed by atoms with E-state index in [2.05, 4.69) is 5.53 Å². The molecule has 0 bridgehead atoms. The first-order chi connectivity index (χ1) is 6.26. The summed E-state index contributed by atoms with van der Waals surface area (Å²) >= 11 is 0. The third kappa shape index (κ3) is 2.85. The number of aryl methyl sites for hydroxylation is 1. The van der Waals surface area contributed by atoms with Crippen LogP contribution >= 0.6 is 0 Å². The molecule has 4 heteroatoms. The number of nitrogens with zero attached hydrogens (tertiary/aromatic N) is 1. The van der Waals surface area contributed by atoms with Crippen molar-refractivity contribution in [2.75, 3.05) is 0 Å². The van der Waals surface area contributed by atoms with Crippen LogP contribution in [0.5, 0.6) is 0 Å². The lowest BCUT2D eigenvalue weighted by atomic mass is 10.1. The summed E-state index contributed by atoms with van der Waals surface area (Å²) in [6.07, 6.45) is 1.15. The molecule has 0 aliphatic heterocycles. The Kier molecular flexibility index (Phi) is 3.42. The van der Waals surface area contributed by atoms with Gasteiger partial charge < -0.3 is 0 Å². The second-order valence-electron chi connectivity index (χ2n) is 2.87. The highest BCUT2D eigenvalue weighted by Crippen LogP contribution is 2.04. The van der Waals surface area contributed by atoms with Crippen LogP contribution in [0.4, 0.5) is 0 Å². The monoisotopic (exact) mass is 178 g/mol. The maximum atomic E-state index is 7.01. The first-order valence-electron chi connectivity index (χ1n) is 4.05. The lowest BCUT2D eigenvalue weighted by molar-refractivity contribution is 0.314. The highest BCUT2D eigenvalue weighted by molar-refractivity contribution is 5.49. The largest absolute Gasteiger partial charge is 0.290 e. The van der Waals surface area contributed by atoms with Crippen molar-refractivity contribution in [3.05, 3.63) is 35.4 Å². The summed E-state index contributed by atoms with van der Waals surface area (Å²) in [4.78, 5) is 0. The van der Waals surface area contributed by atoms with Gasteiger partial charge in [-0.1, -0.05) is 29.8 Å². The zero-order chi connectivity index (χ0) is 9.68. The van der Waals surface area contributed by atoms with Crippen molar-refractivity contribution >= 4 is 6.34 Å². The molecule has 0 amide bonds. The third-order valence-electron chi connectivity index (χ3n) is 1.80. The smallest absolute Gasteiger partial charge is 0.0975 e. The summed E-state index contributed by atoms with van der Waals surface area (Å²) in [5, 5.41) is 8.50. The van der Waals surface area contributed by atoms with Crippen LogP contribution in [0, 0.1) is 12.3 Å². The number of nitrogens with one attached hydrogen (secondary N) is 2. The minimum absolute atomic E-state index is 0.597. The Labute approximate surface area is 77.8 Å². The number of hydrazine groups is 2. The maximum absolute atomic E-state index is 7.01. The molecule has 0 aliphatic rings. The van der Waals surface area contributed by atoms with Crippen LogP contribution in [0.1, 0.15) is 11.1 Å². The van der Waals surface area contributed by atoms with Gasteiger partial charge in [-0.3, -0.25) is 16.3 Å². The van der Waals surface area contributed by atoms with Gasteiger partial charge in [-0.2, -0.15) is 5.53 Å². The third-order valence-corrected chi connectivity index (χ3v) is 1.80. The first-order valence-corrected chi connectivity index (χ1v) is 4.05. The predicted molar refractivity (Wildman–Crippen MR) is 52.8 cm³/mol. The Morgan fingerprint density at radius 3 is 2.54 bits per heavy atom. The topological polar surface area (TPSA) is 65.1 Å². The molecule has 1 rings (SSSR count). The standard InChI is InChI=1S/C9H14N4/c1-8-2-4-9(5-3-8)6-13(7-10)12-11/h2-5,7,10,12H,6,11H2,1H3. The molecule has 13 heavy (non-hydrogen) atoms. The van der Waals surface area contributed by atoms with Crippen LogP contribution < -0.4 is 11.4 Å². The molecule has 0 aromatic heterocycles. The van der Waals surface area contributed by atoms with Gasteiger partial charge in [-0.15, -0.1) is 0 Å². The van der Waals surface area contributed by atoms with Gasteiger partial charge in [0.2, 0.25) is 0 Å². The minimum atomic E-state index is 0.597. The van der Waals surface area contributed by atoms with Crippen LogP contribution in [0.3, 0.4) is 0 Å². The molecule has 1 aromatic rings. The Hall–Kier alpha value is -1.39. The molecule has 70 valence electrons. The second-order valence-corrected chi connectivity index (χ2v) is 2.87. The van der Waals surface area contributed by atoms with Crippen LogP contribution in [0.2, 0.25) is 0 Å². The van der Waals surface area contributed by atoms with Crippen molar-refractivity contribution < 1.29 is 0 Å². The summed E-state index contributed by atoms with van der Waals surface area (Å²) < 4.78 is 0. The van der Waals surface area contributed by atoms with Crippen molar-refractivity contribution in [1.29, 1.82) is 5.41 Å². The predicted octanol–water partition coefficient (Wildman–Crippen LogP) is 0.782. The molecule has 1 aromatic carbocycles. The molecular weight excluding hydrogens is 164 g/mol. The average Bonchev–Trinajstić information content (AvgIpc) is 2.17. The number of benzene rings is 1. The van der Waals surface area contributed by atoms with Crippen LogP contribution in [0.15, 0.2) is 24.3 Å². The first kappa shape index (κ1) is 9.70. The number of nitrogens with two attached hydrogens (primary N) is 1. The van der Waals surface area contributed by atoms with E-state index in [0.717, 1.165) is 11.9 Å². The van der Waals surface area contributed by atoms with Gasteiger partial charge >= 0.3 is 0 Å². The van der Waals surface area contributed by atoms with Gasteiger partial charge in [0.05, 0.1) is 12.9 Å². The highest BCUT2D eigenvalue weighted by Gasteiger charge is 1.97. The molecule has 0 saturated heterocycles. The van der Waals surface area contributed by atoms with E-state index in [4.69, 9.17) is 11.3 Å². The molecule has 0 heterocycles. The van der Waals surface area contributed by atoms with E-state index < -0.39 is 0 Å². The zero-order valence-electron chi connectivity index (χ0n) is 7.62. The minimum Gasteiger partial charge on any atom is -0.290 e. The zero-order valence-corrected chi connectivity index (χ0v) is 7.62. The molecule has 0 unspecified atom stereocenters. The van der Waals surface area contributed by atoms with Crippen molar-refractivity contribution in [1.82, 2.24) is 10.5 Å². The lowest BCUT2D eigenvalue weighted by Gasteiger charge is -2.16. The number of hydrogen-bond acceptors (Lipinski definition) is 3. The van der Waals surface area contributed by atoms with E-state index in [1.54, 1.807) is 0 Å². The quantitative estimate of drug-likeness (QED) is 0.276. The molecule has 0 atom stereocenters. The fourth-order valence-corrected chi connectivity index (χ4v) is 1.02. The van der Waals surface area contributed by atoms with Crippen molar-refractivity contribution in [2.45, 2.75) is 13.5 Å². The summed E-state index contributed by atoms with van der Waals surface area (Å²) in [6.45, 7) is 2.64. The Morgan fingerprint density at radius 2 is 2.08 bits per heavy atom. The SMILES string of the molecule is Cc1ccc(CN(C=N)NN)cc1. The summed E-state index contributed by atoms with van der Waals surface area (Å²) in [7, 11) is 0. The molecule has 4 nitrogen and oxygen atoms in total. The van der Waals surface area contributed by atoms with E-state index in [-0.39, 0.29) is 0 Å². The van der Waals surface area contributed by atoms with Gasteiger partial charge in [0.1, 0.15) is 0 Å². The van der Waals surface area contributed by atoms with Crippen LogP contribution in [-0.4, -0.2) is 11.3 Å². The van der Waals surface area contributed by atoms with E-state index in [9.17, 15) is 0 Å². The average molecular weight is 178 g/mol. The van der Waals surface area contributed by atoms with E-state index in [1.165, 1.54) is 10.6 Å². The Morgan fingerprint density at radius 1 is 1.46 bits per heavy atom. The van der Waals surface area contributed by atoms with E-state index >= 15 is 0 Å². The molecule has 0 radical (unpaired) electrons. The van der Waals surface area contributed by atoms with E-state index in [1.807, 2.05) is 31.2 Å². The molecule has 0 spiro atoms. The second kappa shape index (κ2) is 4.59. The number of rotatable bonds is 4. The van der Waals surface area contributed by atoms with Crippen LogP contribution in [-0.2, 0) is 6.54 Å². The van der Waals surface area contributed by atoms with Crippen LogP contribution in [0.25, 0.3) is 0 Å². The van der Waals surface area contributed by atoms with Gasteiger partial charge in [0.15, 0.2) is 0 Å². The molecule has 0 saturated carbocycles. The highest BCUT2D eigenvalue weighted by atomic mass is 15.6. The van der Waals surface area contributed by atoms with Gasteiger partial charge in [-0.05, 0) is 12.5 Å². The number of hydrogen-bond donors (Lipinski definition) is 3. The van der Waals surface area contributed by atoms with Gasteiger partial charge in [-0.25, -0.2) is 0 Å². The Bertz CT molecular complexity index is 267. The van der Waals surface area contributed by atoms with Crippen molar-refractivity contribution in [2.24, 2.45) is 5.84 Å². The lowest BCUT2D eigenvalue weighted by Crippen LogP contribution is -2.41. The van der Waals surface area contributed by atoms with Gasteiger partial charge in [0.25, 0.3) is 0 Å².